The number of fused-ring (bicyclic) bond motifs is 1. The molecule has 2 aliphatic rings. The number of carbonyl (C=O) groups is 1. The maximum atomic E-state index is 13.3. The molecule has 1 amide bonds. The molecule has 1 aliphatic carbocycles. The van der Waals surface area contributed by atoms with E-state index in [1.54, 1.807) is 30.1 Å². The maximum Gasteiger partial charge on any atom is 0.264 e. The summed E-state index contributed by atoms with van der Waals surface area (Å²) < 4.78 is 28.1. The van der Waals surface area contributed by atoms with Gasteiger partial charge in [0, 0.05) is 38.3 Å². The van der Waals surface area contributed by atoms with Crippen LogP contribution in [0.5, 0.6) is 0 Å². The van der Waals surface area contributed by atoms with Gasteiger partial charge in [0.25, 0.3) is 15.9 Å². The first-order valence-electron chi connectivity index (χ1n) is 11.5. The van der Waals surface area contributed by atoms with Gasteiger partial charge in [-0.2, -0.15) is 0 Å². The van der Waals surface area contributed by atoms with Gasteiger partial charge in [-0.15, -0.1) is 0 Å². The fraction of sp³-hybridized carbons (Fsp3) is 0.480. The van der Waals surface area contributed by atoms with Gasteiger partial charge in [-0.3, -0.25) is 9.10 Å². The van der Waals surface area contributed by atoms with E-state index < -0.39 is 10.0 Å². The molecule has 6 nitrogen and oxygen atoms in total. The largest absolute Gasteiger partial charge is 0.340 e. The molecule has 0 N–H and O–H groups in total. The van der Waals surface area contributed by atoms with Crippen LogP contribution in [0.2, 0.25) is 0 Å². The molecule has 1 aliphatic heterocycles. The van der Waals surface area contributed by atoms with E-state index in [9.17, 15) is 13.2 Å². The Kier molecular flexibility index (Phi) is 6.86. The minimum absolute atomic E-state index is 0.152. The van der Waals surface area contributed by atoms with Crippen molar-refractivity contribution in [2.45, 2.75) is 49.5 Å². The highest BCUT2D eigenvalue weighted by atomic mass is 32.2. The zero-order valence-electron chi connectivity index (χ0n) is 19.0. The minimum Gasteiger partial charge on any atom is -0.340 e. The molecular formula is C25H33N3O3S. The van der Waals surface area contributed by atoms with Crippen LogP contribution in [-0.2, 0) is 16.4 Å². The van der Waals surface area contributed by atoms with Crippen LogP contribution in [0.1, 0.15) is 48.0 Å². The second-order valence-corrected chi connectivity index (χ2v) is 10.8. The molecule has 1 heterocycles. The molecule has 0 unspecified atom stereocenters. The second kappa shape index (κ2) is 9.63. The summed E-state index contributed by atoms with van der Waals surface area (Å²) in [6.07, 6.45) is 7.05. The van der Waals surface area contributed by atoms with Crippen molar-refractivity contribution in [2.24, 2.45) is 0 Å². The lowest BCUT2D eigenvalue weighted by atomic mass is 9.94. The summed E-state index contributed by atoms with van der Waals surface area (Å²) in [4.78, 5) is 17.2. The van der Waals surface area contributed by atoms with Crippen molar-refractivity contribution in [3.05, 3.63) is 59.7 Å². The molecule has 1 fully saturated rings. The third-order valence-corrected chi connectivity index (χ3v) is 8.66. The molecule has 0 spiro atoms. The Hall–Kier alpha value is -2.38. The molecule has 2 aromatic rings. The molecule has 0 aromatic heterocycles. The molecule has 2 aromatic carbocycles. The summed E-state index contributed by atoms with van der Waals surface area (Å²) in [6.45, 7) is 1.85. The van der Waals surface area contributed by atoms with E-state index in [4.69, 9.17) is 0 Å². The number of benzene rings is 2. The van der Waals surface area contributed by atoms with Crippen molar-refractivity contribution < 1.29 is 13.2 Å². The van der Waals surface area contributed by atoms with Crippen molar-refractivity contribution in [1.29, 1.82) is 0 Å². The Morgan fingerprint density at radius 3 is 2.53 bits per heavy atom. The van der Waals surface area contributed by atoms with Crippen LogP contribution in [-0.4, -0.2) is 63.9 Å². The Morgan fingerprint density at radius 2 is 1.75 bits per heavy atom. The lowest BCUT2D eigenvalue weighted by Gasteiger charge is -2.32. The molecule has 172 valence electrons. The van der Waals surface area contributed by atoms with Crippen LogP contribution in [0.4, 0.5) is 5.69 Å². The topological polar surface area (TPSA) is 60.9 Å². The first kappa shape index (κ1) is 22.8. The van der Waals surface area contributed by atoms with Gasteiger partial charge >= 0.3 is 0 Å². The number of amides is 1. The number of para-hydroxylation sites is 1. The Morgan fingerprint density at radius 1 is 1.00 bits per heavy atom. The number of hydrogen-bond donors (Lipinski definition) is 0. The monoisotopic (exact) mass is 455 g/mol. The predicted molar refractivity (Wildman–Crippen MR) is 128 cm³/mol. The number of hydrogen-bond acceptors (Lipinski definition) is 4. The molecular weight excluding hydrogens is 422 g/mol. The van der Waals surface area contributed by atoms with Crippen LogP contribution in [0, 0.1) is 0 Å². The van der Waals surface area contributed by atoms with Gasteiger partial charge in [0.05, 0.1) is 10.6 Å². The zero-order valence-corrected chi connectivity index (χ0v) is 19.9. The fourth-order valence-corrected chi connectivity index (χ4v) is 6.36. The molecule has 1 saturated carbocycles. The molecule has 32 heavy (non-hydrogen) atoms. The summed E-state index contributed by atoms with van der Waals surface area (Å²) in [5.74, 6) is -0.152. The van der Waals surface area contributed by atoms with Gasteiger partial charge in [0.2, 0.25) is 0 Å². The van der Waals surface area contributed by atoms with Crippen LogP contribution in [0.25, 0.3) is 0 Å². The summed E-state index contributed by atoms with van der Waals surface area (Å²) in [5.41, 5.74) is 2.17. The van der Waals surface area contributed by atoms with E-state index in [1.807, 2.05) is 24.3 Å². The summed E-state index contributed by atoms with van der Waals surface area (Å²) in [6, 6.07) is 14.6. The number of sulfonamides is 1. The lowest BCUT2D eigenvalue weighted by molar-refractivity contribution is 0.0767. The summed E-state index contributed by atoms with van der Waals surface area (Å²) >= 11 is 0. The SMILES string of the molecule is CN(CCN(C)C1CCCCC1)C(=O)c1cccc(S(=O)(=O)N2CCc3ccccc32)c1. The van der Waals surface area contributed by atoms with Crippen molar-refractivity contribution in [2.75, 3.05) is 38.0 Å². The maximum absolute atomic E-state index is 13.3. The Labute approximate surface area is 191 Å². The number of likely N-dealkylation sites (N-methyl/N-ethyl adjacent to an activating group) is 2. The van der Waals surface area contributed by atoms with Crippen molar-refractivity contribution in [3.63, 3.8) is 0 Å². The molecule has 0 bridgehead atoms. The number of nitrogens with zero attached hydrogens (tertiary/aromatic N) is 3. The van der Waals surface area contributed by atoms with Gasteiger partial charge in [-0.25, -0.2) is 8.42 Å². The van der Waals surface area contributed by atoms with Crippen LogP contribution >= 0.6 is 0 Å². The number of rotatable bonds is 7. The molecule has 0 radical (unpaired) electrons. The van der Waals surface area contributed by atoms with E-state index >= 15 is 0 Å². The van der Waals surface area contributed by atoms with Gasteiger partial charge in [-0.1, -0.05) is 43.5 Å². The van der Waals surface area contributed by atoms with Gasteiger partial charge in [0.1, 0.15) is 0 Å². The summed E-state index contributed by atoms with van der Waals surface area (Å²) in [7, 11) is 0.201. The highest BCUT2D eigenvalue weighted by Crippen LogP contribution is 2.32. The summed E-state index contributed by atoms with van der Waals surface area (Å²) in [5, 5.41) is 0. The second-order valence-electron chi connectivity index (χ2n) is 8.98. The van der Waals surface area contributed by atoms with Crippen molar-refractivity contribution in [1.82, 2.24) is 9.80 Å². The van der Waals surface area contributed by atoms with Gasteiger partial charge in [0.15, 0.2) is 0 Å². The van der Waals surface area contributed by atoms with Gasteiger partial charge < -0.3 is 9.80 Å². The van der Waals surface area contributed by atoms with E-state index in [2.05, 4.69) is 11.9 Å². The van der Waals surface area contributed by atoms with Crippen molar-refractivity contribution in [3.8, 4) is 0 Å². The standard InChI is InChI=1S/C25H33N3O3S/c1-26(22-11-4-3-5-12-22)17-18-27(2)25(29)21-10-8-13-23(19-21)32(30,31)28-16-15-20-9-6-7-14-24(20)28/h6-10,13-14,19,22H,3-5,11-12,15-18H2,1-2H3. The van der Waals surface area contributed by atoms with Gasteiger partial charge in [-0.05, 0) is 56.1 Å². The third kappa shape index (κ3) is 4.69. The highest BCUT2D eigenvalue weighted by Gasteiger charge is 2.31. The average Bonchev–Trinajstić information content (AvgIpc) is 3.27. The van der Waals surface area contributed by atoms with E-state index in [0.29, 0.717) is 31.1 Å². The quantitative estimate of drug-likeness (QED) is 0.638. The molecule has 4 rings (SSSR count). The zero-order chi connectivity index (χ0) is 22.7. The Bertz CT molecular complexity index is 1060. The molecule has 0 atom stereocenters. The van der Waals surface area contributed by atoms with E-state index in [1.165, 1.54) is 42.5 Å². The predicted octanol–water partition coefficient (Wildman–Crippen LogP) is 3.77. The minimum atomic E-state index is -3.72. The first-order chi connectivity index (χ1) is 15.4. The molecule has 0 saturated heterocycles. The normalized spacial score (nSPS) is 16.9. The van der Waals surface area contributed by atoms with E-state index in [0.717, 1.165) is 17.8 Å². The van der Waals surface area contributed by atoms with E-state index in [-0.39, 0.29) is 10.8 Å². The van der Waals surface area contributed by atoms with Crippen molar-refractivity contribution >= 4 is 21.6 Å². The first-order valence-corrected chi connectivity index (χ1v) is 13.0. The average molecular weight is 456 g/mol. The lowest BCUT2D eigenvalue weighted by Crippen LogP contribution is -2.40. The fourth-order valence-electron chi connectivity index (χ4n) is 4.81. The third-order valence-electron chi connectivity index (χ3n) is 6.85. The Balaban J connectivity index is 1.44. The van der Waals surface area contributed by atoms with Crippen LogP contribution in [0.3, 0.4) is 0 Å². The van der Waals surface area contributed by atoms with Crippen LogP contribution < -0.4 is 4.31 Å². The molecule has 7 heteroatoms. The number of carbonyl (C=O) groups excluding carboxylic acids is 1. The highest BCUT2D eigenvalue weighted by molar-refractivity contribution is 7.92. The smallest absolute Gasteiger partial charge is 0.264 e. The number of anilines is 1. The van der Waals surface area contributed by atoms with Crippen LogP contribution in [0.15, 0.2) is 53.4 Å².